The monoisotopic (exact) mass is 236 g/mol. The van der Waals surface area contributed by atoms with Crippen molar-refractivity contribution < 1.29 is 0 Å². The van der Waals surface area contributed by atoms with Crippen LogP contribution in [0, 0.1) is 23.7 Å². The molecule has 3 fully saturated rings. The van der Waals surface area contributed by atoms with Gasteiger partial charge in [0.25, 0.3) is 0 Å². The molecule has 3 aliphatic rings. The van der Waals surface area contributed by atoms with Gasteiger partial charge < -0.3 is 10.6 Å². The van der Waals surface area contributed by atoms with Crippen molar-refractivity contribution in [2.24, 2.45) is 29.4 Å². The van der Waals surface area contributed by atoms with Crippen molar-refractivity contribution in [2.45, 2.75) is 44.9 Å². The average molecular weight is 236 g/mol. The Labute approximate surface area is 106 Å². The minimum absolute atomic E-state index is 0.830. The molecule has 2 nitrogen and oxygen atoms in total. The van der Waals surface area contributed by atoms with Gasteiger partial charge in [0.05, 0.1) is 0 Å². The van der Waals surface area contributed by atoms with Crippen LogP contribution in [0.1, 0.15) is 44.9 Å². The van der Waals surface area contributed by atoms with Crippen LogP contribution in [0.15, 0.2) is 0 Å². The zero-order valence-corrected chi connectivity index (χ0v) is 11.1. The molecule has 98 valence electrons. The number of nitrogens with two attached hydrogens (primary N) is 1. The lowest BCUT2D eigenvalue weighted by Gasteiger charge is -2.28. The highest BCUT2D eigenvalue weighted by atomic mass is 15.1. The van der Waals surface area contributed by atoms with Crippen molar-refractivity contribution in [2.75, 3.05) is 26.2 Å². The summed E-state index contributed by atoms with van der Waals surface area (Å²) in [4.78, 5) is 2.80. The van der Waals surface area contributed by atoms with E-state index in [9.17, 15) is 0 Å². The Morgan fingerprint density at radius 3 is 1.88 bits per heavy atom. The van der Waals surface area contributed by atoms with Gasteiger partial charge in [-0.2, -0.15) is 0 Å². The molecule has 0 amide bonds. The first-order valence-corrected chi connectivity index (χ1v) is 7.77. The fourth-order valence-electron chi connectivity index (χ4n) is 3.55. The molecule has 0 aromatic heterocycles. The number of rotatable bonds is 7. The van der Waals surface area contributed by atoms with E-state index in [1.807, 2.05) is 0 Å². The number of hydrogen-bond acceptors (Lipinski definition) is 2. The Bertz CT molecular complexity index is 231. The van der Waals surface area contributed by atoms with E-state index in [1.165, 1.54) is 64.6 Å². The van der Waals surface area contributed by atoms with E-state index < -0.39 is 0 Å². The van der Waals surface area contributed by atoms with Crippen molar-refractivity contribution in [3.8, 4) is 0 Å². The summed E-state index contributed by atoms with van der Waals surface area (Å²) >= 11 is 0. The molecule has 2 N–H and O–H groups in total. The van der Waals surface area contributed by atoms with Crippen LogP contribution >= 0.6 is 0 Å². The van der Waals surface area contributed by atoms with Gasteiger partial charge in [-0.3, -0.25) is 0 Å². The standard InChI is InChI=1S/C15H28N2/c16-8-14-2-1-3-15(14)11-17(9-12-4-5-12)10-13-6-7-13/h12-15H,1-11,16H2. The Morgan fingerprint density at radius 2 is 1.35 bits per heavy atom. The summed E-state index contributed by atoms with van der Waals surface area (Å²) in [6.45, 7) is 5.06. The normalized spacial score (nSPS) is 33.5. The van der Waals surface area contributed by atoms with E-state index >= 15 is 0 Å². The van der Waals surface area contributed by atoms with E-state index in [0.717, 1.165) is 30.2 Å². The van der Waals surface area contributed by atoms with Crippen LogP contribution in [0.25, 0.3) is 0 Å². The minimum Gasteiger partial charge on any atom is -0.330 e. The van der Waals surface area contributed by atoms with E-state index in [4.69, 9.17) is 5.73 Å². The van der Waals surface area contributed by atoms with Gasteiger partial charge in [-0.15, -0.1) is 0 Å². The first-order valence-electron chi connectivity index (χ1n) is 7.77. The van der Waals surface area contributed by atoms with Crippen LogP contribution in [-0.2, 0) is 0 Å². The zero-order valence-electron chi connectivity index (χ0n) is 11.1. The van der Waals surface area contributed by atoms with E-state index in [-0.39, 0.29) is 0 Å². The lowest BCUT2D eigenvalue weighted by Crippen LogP contribution is -2.35. The van der Waals surface area contributed by atoms with Crippen LogP contribution in [0.5, 0.6) is 0 Å². The largest absolute Gasteiger partial charge is 0.330 e. The smallest absolute Gasteiger partial charge is 0.00130 e. The minimum atomic E-state index is 0.830. The Hall–Kier alpha value is -0.0800. The first-order chi connectivity index (χ1) is 8.35. The highest BCUT2D eigenvalue weighted by Gasteiger charge is 2.33. The molecule has 2 unspecified atom stereocenters. The summed E-state index contributed by atoms with van der Waals surface area (Å²) in [5, 5.41) is 0. The van der Waals surface area contributed by atoms with E-state index in [0.29, 0.717) is 0 Å². The molecular formula is C15H28N2. The molecule has 0 aliphatic heterocycles. The molecule has 3 aliphatic carbocycles. The van der Waals surface area contributed by atoms with Gasteiger partial charge >= 0.3 is 0 Å². The summed E-state index contributed by atoms with van der Waals surface area (Å²) < 4.78 is 0. The van der Waals surface area contributed by atoms with Gasteiger partial charge in [-0.05, 0) is 68.7 Å². The van der Waals surface area contributed by atoms with Crippen LogP contribution in [-0.4, -0.2) is 31.1 Å². The third kappa shape index (κ3) is 3.45. The Kier molecular flexibility index (Phi) is 3.72. The maximum absolute atomic E-state index is 5.91. The van der Waals surface area contributed by atoms with Crippen LogP contribution in [0.2, 0.25) is 0 Å². The van der Waals surface area contributed by atoms with Gasteiger partial charge in [-0.1, -0.05) is 6.42 Å². The van der Waals surface area contributed by atoms with Crippen molar-refractivity contribution in [1.29, 1.82) is 0 Å². The van der Waals surface area contributed by atoms with Gasteiger partial charge in [-0.25, -0.2) is 0 Å². The second-order valence-corrected chi connectivity index (χ2v) is 6.79. The zero-order chi connectivity index (χ0) is 11.7. The fourth-order valence-corrected chi connectivity index (χ4v) is 3.55. The molecule has 2 atom stereocenters. The molecule has 0 spiro atoms. The third-order valence-electron chi connectivity index (χ3n) is 5.04. The average Bonchev–Trinajstić information content (AvgIpc) is 3.22. The van der Waals surface area contributed by atoms with Gasteiger partial charge in [0.15, 0.2) is 0 Å². The second-order valence-electron chi connectivity index (χ2n) is 6.79. The van der Waals surface area contributed by atoms with Gasteiger partial charge in [0.2, 0.25) is 0 Å². The predicted molar refractivity (Wildman–Crippen MR) is 71.8 cm³/mol. The summed E-state index contributed by atoms with van der Waals surface area (Å²) in [6, 6.07) is 0. The summed E-state index contributed by atoms with van der Waals surface area (Å²) in [5.74, 6) is 3.84. The lowest BCUT2D eigenvalue weighted by molar-refractivity contribution is 0.193. The molecule has 0 aromatic carbocycles. The first kappa shape index (κ1) is 12.0. The SMILES string of the molecule is NCC1CCCC1CN(CC1CC1)CC1CC1. The number of hydrogen-bond donors (Lipinski definition) is 1. The molecule has 2 heteroatoms. The van der Waals surface area contributed by atoms with E-state index in [2.05, 4.69) is 4.90 Å². The molecule has 3 rings (SSSR count). The second kappa shape index (κ2) is 5.27. The van der Waals surface area contributed by atoms with Crippen molar-refractivity contribution >= 4 is 0 Å². The highest BCUT2D eigenvalue weighted by Crippen LogP contribution is 2.36. The Morgan fingerprint density at radius 1 is 0.765 bits per heavy atom. The molecule has 0 radical (unpaired) electrons. The number of nitrogens with zero attached hydrogens (tertiary/aromatic N) is 1. The summed E-state index contributed by atoms with van der Waals surface area (Å²) in [5.41, 5.74) is 5.91. The Balaban J connectivity index is 1.50. The predicted octanol–water partition coefficient (Wildman–Crippen LogP) is 2.48. The quantitative estimate of drug-likeness (QED) is 0.736. The molecular weight excluding hydrogens is 208 g/mol. The van der Waals surface area contributed by atoms with E-state index in [1.54, 1.807) is 0 Å². The molecule has 0 bridgehead atoms. The molecule has 0 saturated heterocycles. The molecule has 0 heterocycles. The maximum Gasteiger partial charge on any atom is 0.00130 e. The topological polar surface area (TPSA) is 29.3 Å². The maximum atomic E-state index is 5.91. The van der Waals surface area contributed by atoms with Crippen molar-refractivity contribution in [1.82, 2.24) is 4.90 Å². The third-order valence-corrected chi connectivity index (χ3v) is 5.04. The molecule has 17 heavy (non-hydrogen) atoms. The van der Waals surface area contributed by atoms with Crippen molar-refractivity contribution in [3.05, 3.63) is 0 Å². The van der Waals surface area contributed by atoms with Crippen LogP contribution in [0.4, 0.5) is 0 Å². The molecule has 3 saturated carbocycles. The van der Waals surface area contributed by atoms with Gasteiger partial charge in [0.1, 0.15) is 0 Å². The fraction of sp³-hybridized carbons (Fsp3) is 1.00. The van der Waals surface area contributed by atoms with Gasteiger partial charge in [0, 0.05) is 19.6 Å². The van der Waals surface area contributed by atoms with Crippen LogP contribution in [0.3, 0.4) is 0 Å². The molecule has 0 aromatic rings. The lowest BCUT2D eigenvalue weighted by atomic mass is 9.95. The summed E-state index contributed by atoms with van der Waals surface area (Å²) in [6.07, 6.45) is 10.2. The van der Waals surface area contributed by atoms with Crippen LogP contribution < -0.4 is 5.73 Å². The highest BCUT2D eigenvalue weighted by molar-refractivity contribution is 4.86. The summed E-state index contributed by atoms with van der Waals surface area (Å²) in [7, 11) is 0. The van der Waals surface area contributed by atoms with Crippen molar-refractivity contribution in [3.63, 3.8) is 0 Å².